The van der Waals surface area contributed by atoms with Crippen molar-refractivity contribution in [1.29, 1.82) is 0 Å². The van der Waals surface area contributed by atoms with E-state index >= 15 is 0 Å². The first-order chi connectivity index (χ1) is 17.7. The van der Waals surface area contributed by atoms with Gasteiger partial charge in [-0.05, 0) is 42.5 Å². The largest absolute Gasteiger partial charge is 0.334 e. The van der Waals surface area contributed by atoms with E-state index in [4.69, 9.17) is 9.97 Å². The number of aromatic nitrogens is 2. The summed E-state index contributed by atoms with van der Waals surface area (Å²) in [5.41, 5.74) is 5.60. The molecule has 1 N–H and O–H groups in total. The van der Waals surface area contributed by atoms with Crippen molar-refractivity contribution in [3.8, 4) is 0 Å². The molecule has 3 aromatic carbocycles. The van der Waals surface area contributed by atoms with Crippen molar-refractivity contribution in [1.82, 2.24) is 15.3 Å². The van der Waals surface area contributed by atoms with Crippen molar-refractivity contribution < 1.29 is 0 Å². The lowest BCUT2D eigenvalue weighted by Gasteiger charge is -2.50. The van der Waals surface area contributed by atoms with E-state index in [1.54, 1.807) is 0 Å². The topological polar surface area (TPSA) is 41.1 Å². The number of piperazine rings is 1. The van der Waals surface area contributed by atoms with Crippen LogP contribution < -0.4 is 10.2 Å². The van der Waals surface area contributed by atoms with Crippen molar-refractivity contribution in [2.24, 2.45) is 0 Å². The fourth-order valence-corrected chi connectivity index (χ4v) is 5.74. The van der Waals surface area contributed by atoms with Gasteiger partial charge in [-0.3, -0.25) is 0 Å². The zero-order valence-electron chi connectivity index (χ0n) is 21.4. The number of rotatable bonds is 8. The summed E-state index contributed by atoms with van der Waals surface area (Å²) in [4.78, 5) is 12.6. The zero-order chi connectivity index (χ0) is 24.8. The Bertz CT molecular complexity index is 1140. The number of hydrogen-bond acceptors (Lipinski definition) is 4. The Morgan fingerprint density at radius 2 is 1.39 bits per heavy atom. The van der Waals surface area contributed by atoms with Gasteiger partial charge < -0.3 is 10.2 Å². The van der Waals surface area contributed by atoms with E-state index < -0.39 is 5.41 Å². The van der Waals surface area contributed by atoms with Gasteiger partial charge in [0.15, 0.2) is 0 Å². The van der Waals surface area contributed by atoms with Crippen LogP contribution in [-0.4, -0.2) is 35.6 Å². The van der Waals surface area contributed by atoms with E-state index in [0.717, 1.165) is 56.2 Å². The molecule has 0 radical (unpaired) electrons. The molecule has 4 heteroatoms. The molecule has 1 fully saturated rings. The van der Waals surface area contributed by atoms with Gasteiger partial charge in [0, 0.05) is 31.0 Å². The third-order valence-corrected chi connectivity index (χ3v) is 7.37. The minimum Gasteiger partial charge on any atom is -0.334 e. The first-order valence-electron chi connectivity index (χ1n) is 13.2. The summed E-state index contributed by atoms with van der Waals surface area (Å²) in [7, 11) is 0. The SMILES string of the molecule is CCCCc1cc(C)nc(N2CCNCC2C(c2ccccc2)(c2ccccc2)c2ccccc2)n1. The third-order valence-electron chi connectivity index (χ3n) is 7.37. The van der Waals surface area contributed by atoms with Crippen LogP contribution in [0.5, 0.6) is 0 Å². The van der Waals surface area contributed by atoms with Crippen molar-refractivity contribution in [2.75, 3.05) is 24.5 Å². The molecule has 4 nitrogen and oxygen atoms in total. The zero-order valence-corrected chi connectivity index (χ0v) is 21.4. The molecule has 1 unspecified atom stereocenters. The molecule has 1 saturated heterocycles. The molecule has 1 atom stereocenters. The molecule has 36 heavy (non-hydrogen) atoms. The van der Waals surface area contributed by atoms with Gasteiger partial charge in [-0.1, -0.05) is 104 Å². The molecule has 1 aliphatic rings. The fourth-order valence-electron chi connectivity index (χ4n) is 5.74. The Hall–Kier alpha value is -3.50. The van der Waals surface area contributed by atoms with E-state index in [1.807, 2.05) is 0 Å². The molecule has 1 aliphatic heterocycles. The van der Waals surface area contributed by atoms with Crippen LogP contribution in [0.15, 0.2) is 97.1 Å². The van der Waals surface area contributed by atoms with Gasteiger partial charge in [0.05, 0.1) is 11.5 Å². The second kappa shape index (κ2) is 11.0. The maximum Gasteiger partial charge on any atom is 0.226 e. The van der Waals surface area contributed by atoms with E-state index in [1.165, 1.54) is 16.7 Å². The number of hydrogen-bond donors (Lipinski definition) is 1. The van der Waals surface area contributed by atoms with Gasteiger partial charge >= 0.3 is 0 Å². The molecule has 0 amide bonds. The normalized spacial score (nSPS) is 16.2. The van der Waals surface area contributed by atoms with E-state index in [-0.39, 0.29) is 6.04 Å². The molecule has 4 aromatic rings. The Labute approximate surface area is 215 Å². The standard InChI is InChI=1S/C32H36N4/c1-3-4-20-29-23-25(2)34-31(35-29)36-22-21-33-24-30(36)32(26-14-8-5-9-15-26,27-16-10-6-11-17-27)28-18-12-7-13-19-28/h5-19,23,30,33H,3-4,20-22,24H2,1-2H3. The molecule has 184 valence electrons. The summed E-state index contributed by atoms with van der Waals surface area (Å²) in [6.45, 7) is 6.92. The lowest BCUT2D eigenvalue weighted by molar-refractivity contribution is 0.375. The summed E-state index contributed by atoms with van der Waals surface area (Å²) in [6.07, 6.45) is 3.29. The molecule has 0 saturated carbocycles. The summed E-state index contributed by atoms with van der Waals surface area (Å²) in [5.74, 6) is 0.847. The summed E-state index contributed by atoms with van der Waals surface area (Å²) in [5, 5.41) is 3.72. The van der Waals surface area contributed by atoms with Crippen molar-refractivity contribution >= 4 is 5.95 Å². The maximum atomic E-state index is 5.13. The highest BCUT2D eigenvalue weighted by Crippen LogP contribution is 2.45. The lowest BCUT2D eigenvalue weighted by Crippen LogP contribution is -2.62. The van der Waals surface area contributed by atoms with Crippen molar-refractivity contribution in [3.63, 3.8) is 0 Å². The van der Waals surface area contributed by atoms with Gasteiger partial charge in [0.2, 0.25) is 5.95 Å². The minimum absolute atomic E-state index is 0.0827. The maximum absolute atomic E-state index is 5.13. The molecule has 2 heterocycles. The van der Waals surface area contributed by atoms with Gasteiger partial charge in [0.25, 0.3) is 0 Å². The molecule has 0 aliphatic carbocycles. The highest BCUT2D eigenvalue weighted by Gasteiger charge is 2.48. The summed E-state index contributed by atoms with van der Waals surface area (Å²) >= 11 is 0. The number of nitrogens with zero attached hydrogens (tertiary/aromatic N) is 3. The average molecular weight is 477 g/mol. The Balaban J connectivity index is 1.74. The predicted molar refractivity (Wildman–Crippen MR) is 149 cm³/mol. The smallest absolute Gasteiger partial charge is 0.226 e. The lowest BCUT2D eigenvalue weighted by atomic mass is 9.63. The number of benzene rings is 3. The molecule has 1 aromatic heterocycles. The Kier molecular flexibility index (Phi) is 7.43. The van der Waals surface area contributed by atoms with E-state index in [2.05, 4.69) is 121 Å². The number of nitrogens with one attached hydrogen (secondary N) is 1. The van der Waals surface area contributed by atoms with Crippen molar-refractivity contribution in [2.45, 2.75) is 44.6 Å². The van der Waals surface area contributed by atoms with Crippen LogP contribution in [0, 0.1) is 6.92 Å². The highest BCUT2D eigenvalue weighted by molar-refractivity contribution is 5.56. The predicted octanol–water partition coefficient (Wildman–Crippen LogP) is 5.94. The Morgan fingerprint density at radius 1 is 0.833 bits per heavy atom. The monoisotopic (exact) mass is 476 g/mol. The van der Waals surface area contributed by atoms with Crippen LogP contribution in [0.4, 0.5) is 5.95 Å². The van der Waals surface area contributed by atoms with Crippen molar-refractivity contribution in [3.05, 3.63) is 125 Å². The van der Waals surface area contributed by atoms with Crippen LogP contribution in [-0.2, 0) is 11.8 Å². The highest BCUT2D eigenvalue weighted by atomic mass is 15.3. The van der Waals surface area contributed by atoms with Crippen LogP contribution in [0.2, 0.25) is 0 Å². The van der Waals surface area contributed by atoms with Crippen LogP contribution in [0.1, 0.15) is 47.8 Å². The van der Waals surface area contributed by atoms with Crippen LogP contribution >= 0.6 is 0 Å². The van der Waals surface area contributed by atoms with Crippen LogP contribution in [0.3, 0.4) is 0 Å². The molecular formula is C32H36N4. The average Bonchev–Trinajstić information content (AvgIpc) is 2.94. The summed E-state index contributed by atoms with van der Waals surface area (Å²) in [6, 6.07) is 35.1. The first-order valence-corrected chi connectivity index (χ1v) is 13.2. The number of anilines is 1. The Morgan fingerprint density at radius 3 is 1.92 bits per heavy atom. The first kappa shape index (κ1) is 24.2. The summed E-state index contributed by atoms with van der Waals surface area (Å²) < 4.78 is 0. The minimum atomic E-state index is -0.409. The van der Waals surface area contributed by atoms with Crippen LogP contribution in [0.25, 0.3) is 0 Å². The second-order valence-electron chi connectivity index (χ2n) is 9.72. The molecule has 5 rings (SSSR count). The van der Waals surface area contributed by atoms with E-state index in [9.17, 15) is 0 Å². The molecule has 0 spiro atoms. The number of unbranched alkanes of at least 4 members (excludes halogenated alkanes) is 1. The molecule has 0 bridgehead atoms. The van der Waals surface area contributed by atoms with Gasteiger partial charge in [-0.2, -0.15) is 0 Å². The number of aryl methyl sites for hydroxylation is 2. The van der Waals surface area contributed by atoms with Gasteiger partial charge in [0.1, 0.15) is 0 Å². The second-order valence-corrected chi connectivity index (χ2v) is 9.72. The molecular weight excluding hydrogens is 440 g/mol. The quantitative estimate of drug-likeness (QED) is 0.320. The third kappa shape index (κ3) is 4.66. The van der Waals surface area contributed by atoms with E-state index in [0.29, 0.717) is 0 Å². The van der Waals surface area contributed by atoms with Gasteiger partial charge in [-0.15, -0.1) is 0 Å². The fraction of sp³-hybridized carbons (Fsp3) is 0.312. The van der Waals surface area contributed by atoms with Gasteiger partial charge in [-0.25, -0.2) is 9.97 Å².